The van der Waals surface area contributed by atoms with Gasteiger partial charge in [-0.15, -0.1) is 0 Å². The minimum absolute atomic E-state index is 0.138. The first kappa shape index (κ1) is 18.6. The smallest absolute Gasteiger partial charge is 0.315 e. The molecule has 4 nitrogen and oxygen atoms in total. The van der Waals surface area contributed by atoms with Crippen LogP contribution in [-0.4, -0.2) is 36.6 Å². The standard InChI is InChI=1S/C18H27F2N3O/c1-12(2)11-23-8-6-15(7-9-23)22-18(24)21-13(3)16-5-4-14(19)10-17(16)20/h4-5,10,12-13,15H,6-9,11H2,1-3H3,(H2,21,22,24). The number of nitrogens with one attached hydrogen (secondary N) is 2. The molecule has 1 aliphatic rings. The van der Waals surface area contributed by atoms with E-state index in [1.54, 1.807) is 6.92 Å². The average Bonchev–Trinajstić information content (AvgIpc) is 2.48. The number of halogens is 2. The van der Waals surface area contributed by atoms with Crippen LogP contribution in [0.3, 0.4) is 0 Å². The first-order valence-corrected chi connectivity index (χ1v) is 8.59. The maximum atomic E-state index is 13.7. The van der Waals surface area contributed by atoms with E-state index in [2.05, 4.69) is 29.4 Å². The summed E-state index contributed by atoms with van der Waals surface area (Å²) in [5.41, 5.74) is 0.276. The number of amides is 2. The Morgan fingerprint density at radius 1 is 1.25 bits per heavy atom. The molecule has 2 N–H and O–H groups in total. The van der Waals surface area contributed by atoms with E-state index < -0.39 is 17.7 Å². The van der Waals surface area contributed by atoms with Crippen LogP contribution in [-0.2, 0) is 0 Å². The Bertz CT molecular complexity index is 557. The first-order chi connectivity index (χ1) is 11.3. The number of rotatable bonds is 5. The molecule has 6 heteroatoms. The van der Waals surface area contributed by atoms with E-state index in [0.29, 0.717) is 5.92 Å². The van der Waals surface area contributed by atoms with Crippen molar-refractivity contribution in [2.75, 3.05) is 19.6 Å². The number of benzene rings is 1. The summed E-state index contributed by atoms with van der Waals surface area (Å²) in [6.45, 7) is 9.12. The molecular weight excluding hydrogens is 312 g/mol. The molecule has 24 heavy (non-hydrogen) atoms. The van der Waals surface area contributed by atoms with Crippen LogP contribution in [0, 0.1) is 17.6 Å². The largest absolute Gasteiger partial charge is 0.335 e. The van der Waals surface area contributed by atoms with Gasteiger partial charge in [-0.2, -0.15) is 0 Å². The van der Waals surface area contributed by atoms with Gasteiger partial charge in [0.15, 0.2) is 0 Å². The molecule has 0 spiro atoms. The van der Waals surface area contributed by atoms with Crippen molar-refractivity contribution in [2.45, 2.75) is 45.7 Å². The fourth-order valence-corrected chi connectivity index (χ4v) is 3.13. The van der Waals surface area contributed by atoms with Gasteiger partial charge in [-0.1, -0.05) is 19.9 Å². The Morgan fingerprint density at radius 3 is 2.50 bits per heavy atom. The predicted molar refractivity (Wildman–Crippen MR) is 90.7 cm³/mol. The molecule has 1 aromatic carbocycles. The summed E-state index contributed by atoms with van der Waals surface area (Å²) < 4.78 is 26.7. The summed E-state index contributed by atoms with van der Waals surface area (Å²) in [5, 5.41) is 5.67. The average molecular weight is 339 g/mol. The first-order valence-electron chi connectivity index (χ1n) is 8.59. The number of nitrogens with zero attached hydrogens (tertiary/aromatic N) is 1. The van der Waals surface area contributed by atoms with Gasteiger partial charge in [-0.05, 0) is 31.7 Å². The Labute approximate surface area is 142 Å². The second-order valence-corrected chi connectivity index (χ2v) is 6.97. The molecule has 1 aromatic rings. The summed E-state index contributed by atoms with van der Waals surface area (Å²) in [4.78, 5) is 14.5. The molecule has 0 saturated carbocycles. The number of carbonyl (C=O) groups excluding carboxylic acids is 1. The molecule has 2 rings (SSSR count). The van der Waals surface area contributed by atoms with Gasteiger partial charge >= 0.3 is 6.03 Å². The second kappa shape index (κ2) is 8.42. The maximum absolute atomic E-state index is 13.7. The summed E-state index contributed by atoms with van der Waals surface area (Å²) in [6, 6.07) is 2.69. The third kappa shape index (κ3) is 5.44. The van der Waals surface area contributed by atoms with Crippen molar-refractivity contribution >= 4 is 6.03 Å². The quantitative estimate of drug-likeness (QED) is 0.863. The molecule has 2 amide bonds. The summed E-state index contributed by atoms with van der Waals surface area (Å²) in [5.74, 6) is -0.630. The van der Waals surface area contributed by atoms with Gasteiger partial charge in [0, 0.05) is 37.3 Å². The summed E-state index contributed by atoms with van der Waals surface area (Å²) in [7, 11) is 0. The van der Waals surface area contributed by atoms with Crippen molar-refractivity contribution in [1.29, 1.82) is 0 Å². The van der Waals surface area contributed by atoms with E-state index in [9.17, 15) is 13.6 Å². The second-order valence-electron chi connectivity index (χ2n) is 6.97. The van der Waals surface area contributed by atoms with Gasteiger partial charge in [-0.3, -0.25) is 0 Å². The number of likely N-dealkylation sites (tertiary alicyclic amines) is 1. The third-order valence-electron chi connectivity index (χ3n) is 4.32. The highest BCUT2D eigenvalue weighted by Gasteiger charge is 2.22. The van der Waals surface area contributed by atoms with Crippen molar-refractivity contribution in [3.05, 3.63) is 35.4 Å². The lowest BCUT2D eigenvalue weighted by molar-refractivity contribution is 0.177. The zero-order chi connectivity index (χ0) is 17.7. The normalized spacial score (nSPS) is 17.8. The number of piperidine rings is 1. The summed E-state index contributed by atoms with van der Waals surface area (Å²) >= 11 is 0. The Kier molecular flexibility index (Phi) is 6.54. The minimum atomic E-state index is -0.648. The SMILES string of the molecule is CC(C)CN1CCC(NC(=O)NC(C)c2ccc(F)cc2F)CC1. The highest BCUT2D eigenvalue weighted by molar-refractivity contribution is 5.74. The van der Waals surface area contributed by atoms with Gasteiger partial charge < -0.3 is 15.5 Å². The lowest BCUT2D eigenvalue weighted by Gasteiger charge is -2.33. The lowest BCUT2D eigenvalue weighted by atomic mass is 10.0. The van der Waals surface area contributed by atoms with Crippen LogP contribution in [0.25, 0.3) is 0 Å². The van der Waals surface area contributed by atoms with Crippen molar-refractivity contribution in [2.24, 2.45) is 5.92 Å². The fraction of sp³-hybridized carbons (Fsp3) is 0.611. The molecule has 1 heterocycles. The van der Waals surface area contributed by atoms with Crippen molar-refractivity contribution < 1.29 is 13.6 Å². The van der Waals surface area contributed by atoms with Crippen LogP contribution in [0.15, 0.2) is 18.2 Å². The number of carbonyl (C=O) groups is 1. The van der Waals surface area contributed by atoms with Crippen LogP contribution < -0.4 is 10.6 Å². The van der Waals surface area contributed by atoms with Crippen molar-refractivity contribution in [1.82, 2.24) is 15.5 Å². The van der Waals surface area contributed by atoms with Gasteiger partial charge in [0.1, 0.15) is 11.6 Å². The Balaban J connectivity index is 1.79. The van der Waals surface area contributed by atoms with Crippen LogP contribution in [0.4, 0.5) is 13.6 Å². The molecule has 1 aliphatic heterocycles. The zero-order valence-electron chi connectivity index (χ0n) is 14.6. The van der Waals surface area contributed by atoms with Crippen LogP contribution in [0.2, 0.25) is 0 Å². The van der Waals surface area contributed by atoms with Gasteiger partial charge in [-0.25, -0.2) is 13.6 Å². The van der Waals surface area contributed by atoms with Crippen molar-refractivity contribution in [3.8, 4) is 0 Å². The predicted octanol–water partition coefficient (Wildman–Crippen LogP) is 3.45. The number of hydrogen-bond donors (Lipinski definition) is 2. The zero-order valence-corrected chi connectivity index (χ0v) is 14.6. The molecule has 0 radical (unpaired) electrons. The molecular formula is C18H27F2N3O. The van der Waals surface area contributed by atoms with Gasteiger partial charge in [0.2, 0.25) is 0 Å². The van der Waals surface area contributed by atoms with E-state index in [4.69, 9.17) is 0 Å². The highest BCUT2D eigenvalue weighted by Crippen LogP contribution is 2.18. The van der Waals surface area contributed by atoms with E-state index in [1.165, 1.54) is 12.1 Å². The maximum Gasteiger partial charge on any atom is 0.315 e. The molecule has 134 valence electrons. The van der Waals surface area contributed by atoms with Crippen LogP contribution in [0.1, 0.15) is 45.2 Å². The van der Waals surface area contributed by atoms with Gasteiger partial charge in [0.05, 0.1) is 6.04 Å². The monoisotopic (exact) mass is 339 g/mol. The van der Waals surface area contributed by atoms with Gasteiger partial charge in [0.25, 0.3) is 0 Å². The minimum Gasteiger partial charge on any atom is -0.335 e. The van der Waals surface area contributed by atoms with Crippen molar-refractivity contribution in [3.63, 3.8) is 0 Å². The highest BCUT2D eigenvalue weighted by atomic mass is 19.1. The lowest BCUT2D eigenvalue weighted by Crippen LogP contribution is -2.48. The van der Waals surface area contributed by atoms with E-state index in [0.717, 1.165) is 38.5 Å². The fourth-order valence-electron chi connectivity index (χ4n) is 3.13. The van der Waals surface area contributed by atoms with Crippen LogP contribution >= 0.6 is 0 Å². The Morgan fingerprint density at radius 2 is 1.92 bits per heavy atom. The molecule has 0 bridgehead atoms. The molecule has 1 unspecified atom stereocenters. The third-order valence-corrected chi connectivity index (χ3v) is 4.32. The molecule has 1 atom stereocenters. The Hall–Kier alpha value is -1.69. The molecule has 0 aromatic heterocycles. The summed E-state index contributed by atoms with van der Waals surface area (Å²) in [6.07, 6.45) is 1.83. The molecule has 1 fully saturated rings. The van der Waals surface area contributed by atoms with E-state index in [-0.39, 0.29) is 17.6 Å². The number of urea groups is 1. The van der Waals surface area contributed by atoms with E-state index >= 15 is 0 Å². The molecule has 0 aliphatic carbocycles. The number of hydrogen-bond acceptors (Lipinski definition) is 2. The van der Waals surface area contributed by atoms with E-state index in [1.807, 2.05) is 0 Å². The topological polar surface area (TPSA) is 44.4 Å². The van der Waals surface area contributed by atoms with Crippen LogP contribution in [0.5, 0.6) is 0 Å². The molecule has 1 saturated heterocycles.